The summed E-state index contributed by atoms with van der Waals surface area (Å²) in [4.78, 5) is 30.5. The number of benzene rings is 2. The Hall–Kier alpha value is -3.12. The van der Waals surface area contributed by atoms with Crippen molar-refractivity contribution in [1.82, 2.24) is 4.90 Å². The summed E-state index contributed by atoms with van der Waals surface area (Å²) in [5, 5.41) is 9.68. The number of anilines is 1. The van der Waals surface area contributed by atoms with Gasteiger partial charge in [0.05, 0.1) is 18.4 Å². The second-order valence-corrected chi connectivity index (χ2v) is 8.30. The molecule has 0 aliphatic carbocycles. The van der Waals surface area contributed by atoms with Crippen molar-refractivity contribution in [2.75, 3.05) is 31.7 Å². The zero-order valence-electron chi connectivity index (χ0n) is 18.2. The standard InChI is InChI=1S/C25H28N2O4/c1-16-6-9-20(13-17(16)2)27-24(29)22(19-7-10-21(31-3)11-8-19)23(25(27)30)26-12-4-5-18(14-26)15-28/h6-11,13,18,28H,4-5,12,14-15H2,1-3H3. The lowest BCUT2D eigenvalue weighted by Gasteiger charge is -2.34. The molecule has 1 saturated heterocycles. The van der Waals surface area contributed by atoms with E-state index in [9.17, 15) is 14.7 Å². The molecule has 2 aliphatic rings. The van der Waals surface area contributed by atoms with Crippen LogP contribution in [0.25, 0.3) is 5.57 Å². The first kappa shape index (κ1) is 21.1. The molecule has 0 aromatic heterocycles. The number of nitrogens with zero attached hydrogens (tertiary/aromatic N) is 2. The zero-order chi connectivity index (χ0) is 22.1. The van der Waals surface area contributed by atoms with Gasteiger partial charge < -0.3 is 14.7 Å². The summed E-state index contributed by atoms with van der Waals surface area (Å²) in [6, 6.07) is 12.9. The maximum Gasteiger partial charge on any atom is 0.282 e. The molecule has 4 rings (SSSR count). The average Bonchev–Trinajstić information content (AvgIpc) is 3.05. The lowest BCUT2D eigenvalue weighted by Crippen LogP contribution is -2.40. The smallest absolute Gasteiger partial charge is 0.282 e. The molecule has 2 heterocycles. The summed E-state index contributed by atoms with van der Waals surface area (Å²) < 4.78 is 5.25. The molecular formula is C25H28N2O4. The summed E-state index contributed by atoms with van der Waals surface area (Å²) in [7, 11) is 1.59. The second kappa shape index (κ2) is 8.55. The lowest BCUT2D eigenvalue weighted by molar-refractivity contribution is -0.120. The van der Waals surface area contributed by atoms with Gasteiger partial charge in [-0.3, -0.25) is 9.59 Å². The number of carbonyl (C=O) groups is 2. The summed E-state index contributed by atoms with van der Waals surface area (Å²) in [5.41, 5.74) is 4.22. The highest BCUT2D eigenvalue weighted by atomic mass is 16.5. The van der Waals surface area contributed by atoms with Crippen LogP contribution in [0.3, 0.4) is 0 Å². The Morgan fingerprint density at radius 3 is 2.42 bits per heavy atom. The largest absolute Gasteiger partial charge is 0.497 e. The first-order valence-corrected chi connectivity index (χ1v) is 10.6. The minimum absolute atomic E-state index is 0.0741. The summed E-state index contributed by atoms with van der Waals surface area (Å²) in [5.74, 6) is 0.154. The minimum Gasteiger partial charge on any atom is -0.497 e. The fraction of sp³-hybridized carbons (Fsp3) is 0.360. The maximum atomic E-state index is 13.6. The molecular weight excluding hydrogens is 392 g/mol. The normalized spacial score (nSPS) is 19.4. The van der Waals surface area contributed by atoms with Crippen LogP contribution in [-0.2, 0) is 9.59 Å². The molecule has 162 valence electrons. The molecule has 6 nitrogen and oxygen atoms in total. The zero-order valence-corrected chi connectivity index (χ0v) is 18.2. The number of likely N-dealkylation sites (tertiary alicyclic amines) is 1. The number of aliphatic hydroxyl groups excluding tert-OH is 1. The molecule has 0 radical (unpaired) electrons. The van der Waals surface area contributed by atoms with Gasteiger partial charge in [-0.1, -0.05) is 18.2 Å². The molecule has 2 amide bonds. The Balaban J connectivity index is 1.81. The van der Waals surface area contributed by atoms with Gasteiger partial charge in [0.2, 0.25) is 0 Å². The topological polar surface area (TPSA) is 70.1 Å². The van der Waals surface area contributed by atoms with Crippen molar-refractivity contribution in [2.24, 2.45) is 5.92 Å². The molecule has 0 saturated carbocycles. The molecule has 31 heavy (non-hydrogen) atoms. The summed E-state index contributed by atoms with van der Waals surface area (Å²) >= 11 is 0. The number of aliphatic hydroxyl groups is 1. The van der Waals surface area contributed by atoms with Crippen molar-refractivity contribution in [2.45, 2.75) is 26.7 Å². The average molecular weight is 421 g/mol. The van der Waals surface area contributed by atoms with E-state index in [-0.39, 0.29) is 24.3 Å². The number of aryl methyl sites for hydroxylation is 2. The first-order chi connectivity index (χ1) is 14.9. The Labute approximate surface area is 182 Å². The maximum absolute atomic E-state index is 13.6. The third kappa shape index (κ3) is 3.83. The number of piperidine rings is 1. The van der Waals surface area contributed by atoms with Crippen molar-refractivity contribution in [3.63, 3.8) is 0 Å². The van der Waals surface area contributed by atoms with E-state index >= 15 is 0 Å². The van der Waals surface area contributed by atoms with Crippen LogP contribution in [0.2, 0.25) is 0 Å². The van der Waals surface area contributed by atoms with Crippen LogP contribution in [0.5, 0.6) is 5.75 Å². The highest BCUT2D eigenvalue weighted by Gasteiger charge is 2.43. The second-order valence-electron chi connectivity index (χ2n) is 8.30. The van der Waals surface area contributed by atoms with Gasteiger partial charge in [0.25, 0.3) is 11.8 Å². The fourth-order valence-electron chi connectivity index (χ4n) is 4.35. The van der Waals surface area contributed by atoms with Crippen LogP contribution < -0.4 is 9.64 Å². The number of carbonyl (C=O) groups excluding carboxylic acids is 2. The van der Waals surface area contributed by atoms with Gasteiger partial charge in [-0.2, -0.15) is 0 Å². The molecule has 6 heteroatoms. The van der Waals surface area contributed by atoms with E-state index in [1.807, 2.05) is 49.1 Å². The van der Waals surface area contributed by atoms with Crippen LogP contribution in [-0.4, -0.2) is 48.6 Å². The fourth-order valence-corrected chi connectivity index (χ4v) is 4.35. The highest BCUT2D eigenvalue weighted by molar-refractivity contribution is 6.45. The molecule has 1 atom stereocenters. The quantitative estimate of drug-likeness (QED) is 0.752. The molecule has 1 unspecified atom stereocenters. The molecule has 1 fully saturated rings. The van der Waals surface area contributed by atoms with Crippen molar-refractivity contribution in [1.29, 1.82) is 0 Å². The van der Waals surface area contributed by atoms with E-state index < -0.39 is 0 Å². The Morgan fingerprint density at radius 2 is 1.77 bits per heavy atom. The molecule has 0 spiro atoms. The van der Waals surface area contributed by atoms with Gasteiger partial charge >= 0.3 is 0 Å². The summed E-state index contributed by atoms with van der Waals surface area (Å²) in [6.07, 6.45) is 1.79. The monoisotopic (exact) mass is 420 g/mol. The van der Waals surface area contributed by atoms with E-state index in [0.29, 0.717) is 41.4 Å². The third-order valence-electron chi connectivity index (χ3n) is 6.28. The minimum atomic E-state index is -0.320. The van der Waals surface area contributed by atoms with Crippen molar-refractivity contribution >= 4 is 23.1 Å². The highest BCUT2D eigenvalue weighted by Crippen LogP contribution is 2.37. The number of hydrogen-bond acceptors (Lipinski definition) is 5. The molecule has 2 aromatic rings. The predicted molar refractivity (Wildman–Crippen MR) is 120 cm³/mol. The molecule has 2 aliphatic heterocycles. The number of rotatable bonds is 5. The van der Waals surface area contributed by atoms with Crippen molar-refractivity contribution in [3.05, 3.63) is 64.9 Å². The van der Waals surface area contributed by atoms with E-state index in [1.165, 1.54) is 4.90 Å². The lowest BCUT2D eigenvalue weighted by atomic mass is 9.97. The van der Waals surface area contributed by atoms with Gasteiger partial charge in [0.15, 0.2) is 0 Å². The van der Waals surface area contributed by atoms with E-state index in [4.69, 9.17) is 4.74 Å². The number of amides is 2. The molecule has 1 N–H and O–H groups in total. The Morgan fingerprint density at radius 1 is 1.03 bits per heavy atom. The van der Waals surface area contributed by atoms with Crippen LogP contribution >= 0.6 is 0 Å². The Kier molecular flexibility index (Phi) is 5.83. The number of hydrogen-bond donors (Lipinski definition) is 1. The van der Waals surface area contributed by atoms with Crippen LogP contribution in [0.15, 0.2) is 48.2 Å². The van der Waals surface area contributed by atoms with E-state index in [1.54, 1.807) is 19.2 Å². The van der Waals surface area contributed by atoms with Crippen molar-refractivity contribution in [3.8, 4) is 5.75 Å². The van der Waals surface area contributed by atoms with Gasteiger partial charge in [-0.25, -0.2) is 4.90 Å². The van der Waals surface area contributed by atoms with Gasteiger partial charge in [-0.05, 0) is 73.6 Å². The third-order valence-corrected chi connectivity index (χ3v) is 6.28. The SMILES string of the molecule is COc1ccc(C2=C(N3CCCC(CO)C3)C(=O)N(c3ccc(C)c(C)c3)C2=O)cc1. The van der Waals surface area contributed by atoms with Gasteiger partial charge in [0.1, 0.15) is 11.4 Å². The summed E-state index contributed by atoms with van der Waals surface area (Å²) in [6.45, 7) is 5.29. The van der Waals surface area contributed by atoms with Crippen LogP contribution in [0, 0.1) is 19.8 Å². The Bertz CT molecular complexity index is 1040. The van der Waals surface area contributed by atoms with Crippen molar-refractivity contribution < 1.29 is 19.4 Å². The first-order valence-electron chi connectivity index (χ1n) is 10.6. The number of imide groups is 1. The molecule has 0 bridgehead atoms. The van der Waals surface area contributed by atoms with Crippen LogP contribution in [0.4, 0.5) is 5.69 Å². The van der Waals surface area contributed by atoms with Gasteiger partial charge in [0, 0.05) is 19.7 Å². The van der Waals surface area contributed by atoms with E-state index in [2.05, 4.69) is 0 Å². The molecule has 2 aromatic carbocycles. The number of methoxy groups -OCH3 is 1. The van der Waals surface area contributed by atoms with Crippen LogP contribution in [0.1, 0.15) is 29.5 Å². The predicted octanol–water partition coefficient (Wildman–Crippen LogP) is 3.30. The number of ether oxygens (including phenoxy) is 1. The van der Waals surface area contributed by atoms with E-state index in [0.717, 1.165) is 24.0 Å². The van der Waals surface area contributed by atoms with Gasteiger partial charge in [-0.15, -0.1) is 0 Å².